The highest BCUT2D eigenvalue weighted by molar-refractivity contribution is 6.23. The predicted octanol–water partition coefficient (Wildman–Crippen LogP) is 14.3. The highest BCUT2D eigenvalue weighted by Gasteiger charge is 2.37. The average molecular weight is 711 g/mol. The largest absolute Gasteiger partial charge is 0.333 e. The molecular formula is C54H34N2. The first-order valence-electron chi connectivity index (χ1n) is 19.7. The van der Waals surface area contributed by atoms with Gasteiger partial charge in [0.05, 0.1) is 17.1 Å². The van der Waals surface area contributed by atoms with Gasteiger partial charge in [-0.1, -0.05) is 133 Å². The number of anilines is 2. The second-order valence-corrected chi connectivity index (χ2v) is 15.6. The van der Waals surface area contributed by atoms with E-state index in [1.54, 1.807) is 0 Å². The lowest BCUT2D eigenvalue weighted by molar-refractivity contribution is 0.831. The molecule has 10 aromatic rings. The summed E-state index contributed by atoms with van der Waals surface area (Å²) in [6, 6.07) is 65.7. The third-order valence-electron chi connectivity index (χ3n) is 12.7. The fraction of sp³-hybridized carbons (Fsp3) is 0.0370. The van der Waals surface area contributed by atoms with E-state index in [2.05, 4.69) is 198 Å². The van der Waals surface area contributed by atoms with Crippen LogP contribution in [0.25, 0.3) is 93.2 Å². The number of benzene rings is 9. The summed E-state index contributed by atoms with van der Waals surface area (Å²) in [6.07, 6.45) is 5.89. The number of hydrogen-bond acceptors (Lipinski definition) is 1. The van der Waals surface area contributed by atoms with Gasteiger partial charge in [0.2, 0.25) is 0 Å². The van der Waals surface area contributed by atoms with Crippen molar-refractivity contribution in [2.75, 3.05) is 4.90 Å². The molecule has 0 radical (unpaired) electrons. The Kier molecular flexibility index (Phi) is 6.04. The van der Waals surface area contributed by atoms with Gasteiger partial charge in [-0.05, 0) is 132 Å². The molecule has 0 N–H and O–H groups in total. The van der Waals surface area contributed by atoms with Crippen molar-refractivity contribution in [2.45, 2.75) is 12.5 Å². The second kappa shape index (κ2) is 11.2. The van der Waals surface area contributed by atoms with Crippen LogP contribution in [0, 0.1) is 0 Å². The zero-order valence-electron chi connectivity index (χ0n) is 30.6. The maximum absolute atomic E-state index is 2.56. The van der Waals surface area contributed by atoms with E-state index in [0.29, 0.717) is 0 Å². The highest BCUT2D eigenvalue weighted by Crippen LogP contribution is 2.52. The summed E-state index contributed by atoms with van der Waals surface area (Å²) in [5.74, 6) is 0. The molecule has 0 amide bonds. The number of hydrogen-bond donors (Lipinski definition) is 0. The van der Waals surface area contributed by atoms with Gasteiger partial charge in [-0.15, -0.1) is 0 Å². The van der Waals surface area contributed by atoms with Gasteiger partial charge >= 0.3 is 0 Å². The van der Waals surface area contributed by atoms with Gasteiger partial charge in [0.15, 0.2) is 0 Å². The molecule has 2 aliphatic carbocycles. The molecule has 1 atom stereocenters. The SMILES string of the molecule is C1=C(c2ccc3c(c2)c2c4ccccc4ccc2n3-c2cc3c4c(cccc4c2)-c2ccccc2-3)C=C2c3c(ccc4ccccc34)N(c3ccccc3)C2C1. The summed E-state index contributed by atoms with van der Waals surface area (Å²) in [5, 5.41) is 10.4. The van der Waals surface area contributed by atoms with Crippen molar-refractivity contribution >= 4 is 76.6 Å². The van der Waals surface area contributed by atoms with E-state index in [4.69, 9.17) is 0 Å². The van der Waals surface area contributed by atoms with Gasteiger partial charge in [-0.25, -0.2) is 0 Å². The van der Waals surface area contributed by atoms with Crippen molar-refractivity contribution < 1.29 is 0 Å². The van der Waals surface area contributed by atoms with E-state index in [9.17, 15) is 0 Å². The zero-order chi connectivity index (χ0) is 36.5. The highest BCUT2D eigenvalue weighted by atomic mass is 15.2. The topological polar surface area (TPSA) is 8.17 Å². The zero-order valence-corrected chi connectivity index (χ0v) is 30.6. The normalized spacial score (nSPS) is 15.4. The lowest BCUT2D eigenvalue weighted by Gasteiger charge is -2.29. The molecule has 2 heteroatoms. The van der Waals surface area contributed by atoms with Gasteiger partial charge in [0.1, 0.15) is 0 Å². The number of nitrogens with zero attached hydrogens (tertiary/aromatic N) is 2. The van der Waals surface area contributed by atoms with E-state index in [1.807, 2.05) is 0 Å². The molecule has 0 bridgehead atoms. The molecule has 1 aliphatic heterocycles. The van der Waals surface area contributed by atoms with Crippen LogP contribution in [0.2, 0.25) is 0 Å². The van der Waals surface area contributed by atoms with Crippen molar-refractivity contribution in [2.24, 2.45) is 0 Å². The molecule has 2 heterocycles. The summed E-state index contributed by atoms with van der Waals surface area (Å²) in [7, 11) is 0. The summed E-state index contributed by atoms with van der Waals surface area (Å²) < 4.78 is 2.51. The molecule has 0 saturated carbocycles. The van der Waals surface area contributed by atoms with Crippen LogP contribution in [-0.4, -0.2) is 10.6 Å². The van der Waals surface area contributed by atoms with Crippen molar-refractivity contribution in [1.82, 2.24) is 4.57 Å². The first kappa shape index (κ1) is 30.2. The number of allylic oxidation sites excluding steroid dienone is 2. The average Bonchev–Trinajstić information content (AvgIpc) is 3.90. The Morgan fingerprint density at radius 3 is 2.02 bits per heavy atom. The first-order chi connectivity index (χ1) is 27.8. The van der Waals surface area contributed by atoms with Crippen molar-refractivity contribution in [3.05, 3.63) is 199 Å². The molecule has 1 unspecified atom stereocenters. The maximum atomic E-state index is 2.56. The van der Waals surface area contributed by atoms with E-state index in [1.165, 1.54) is 116 Å². The van der Waals surface area contributed by atoms with Gasteiger partial charge in [0.25, 0.3) is 0 Å². The Morgan fingerprint density at radius 2 is 1.14 bits per heavy atom. The van der Waals surface area contributed by atoms with E-state index in [-0.39, 0.29) is 6.04 Å². The minimum atomic E-state index is 0.243. The van der Waals surface area contributed by atoms with Gasteiger partial charge in [-0.3, -0.25) is 0 Å². The molecule has 260 valence electrons. The standard InChI is InChI=1S/C54H34N2/c1-2-14-38(15-3-1)55-48-25-23-35(30-46(48)53-40-16-6-4-11-33(40)21-27-50(53)55)36-24-26-49-47(31-36)54-41-17-7-5-12-34(41)22-28-51(54)56(49)39-29-37-13-10-20-44-42-18-8-9-19-43(42)45(32-39)52(37)44/h1-24,26-32,48H,25H2. The summed E-state index contributed by atoms with van der Waals surface area (Å²) in [4.78, 5) is 2.56. The van der Waals surface area contributed by atoms with Crippen LogP contribution in [0.5, 0.6) is 0 Å². The summed E-state index contributed by atoms with van der Waals surface area (Å²) >= 11 is 0. The molecule has 0 fully saturated rings. The number of para-hydroxylation sites is 1. The molecule has 1 aromatic heterocycles. The first-order valence-corrected chi connectivity index (χ1v) is 19.7. The molecular weight excluding hydrogens is 677 g/mol. The van der Waals surface area contributed by atoms with E-state index in [0.717, 1.165) is 6.42 Å². The van der Waals surface area contributed by atoms with Gasteiger partial charge < -0.3 is 9.47 Å². The molecule has 2 nitrogen and oxygen atoms in total. The Balaban J connectivity index is 1.03. The monoisotopic (exact) mass is 710 g/mol. The predicted molar refractivity (Wildman–Crippen MR) is 237 cm³/mol. The molecule has 3 aliphatic rings. The fourth-order valence-corrected chi connectivity index (χ4v) is 10.4. The van der Waals surface area contributed by atoms with Crippen LogP contribution < -0.4 is 4.90 Å². The Labute approximate surface area is 324 Å². The van der Waals surface area contributed by atoms with E-state index >= 15 is 0 Å². The quantitative estimate of drug-likeness (QED) is 0.177. The minimum Gasteiger partial charge on any atom is -0.333 e. The Bertz CT molecular complexity index is 3400. The Hall–Kier alpha value is -7.16. The lowest BCUT2D eigenvalue weighted by Crippen LogP contribution is -2.27. The summed E-state index contributed by atoms with van der Waals surface area (Å²) in [5.41, 5.74) is 16.8. The lowest BCUT2D eigenvalue weighted by atomic mass is 9.87. The smallest absolute Gasteiger partial charge is 0.0633 e. The second-order valence-electron chi connectivity index (χ2n) is 15.6. The van der Waals surface area contributed by atoms with Crippen molar-refractivity contribution in [3.8, 4) is 27.9 Å². The number of fused-ring (bicyclic) bond motifs is 13. The van der Waals surface area contributed by atoms with Crippen molar-refractivity contribution in [3.63, 3.8) is 0 Å². The third-order valence-corrected chi connectivity index (χ3v) is 12.7. The van der Waals surface area contributed by atoms with Gasteiger partial charge in [0, 0.05) is 33.4 Å². The van der Waals surface area contributed by atoms with Crippen LogP contribution in [-0.2, 0) is 0 Å². The van der Waals surface area contributed by atoms with Crippen LogP contribution in [0.3, 0.4) is 0 Å². The third kappa shape index (κ3) is 4.05. The molecule has 13 rings (SSSR count). The van der Waals surface area contributed by atoms with Crippen LogP contribution in [0.15, 0.2) is 188 Å². The summed E-state index contributed by atoms with van der Waals surface area (Å²) in [6.45, 7) is 0. The number of rotatable bonds is 3. The molecule has 0 spiro atoms. The number of aromatic nitrogens is 1. The van der Waals surface area contributed by atoms with Crippen LogP contribution >= 0.6 is 0 Å². The van der Waals surface area contributed by atoms with Crippen LogP contribution in [0.4, 0.5) is 11.4 Å². The van der Waals surface area contributed by atoms with Crippen molar-refractivity contribution in [1.29, 1.82) is 0 Å². The molecule has 56 heavy (non-hydrogen) atoms. The fourth-order valence-electron chi connectivity index (χ4n) is 10.4. The minimum absolute atomic E-state index is 0.243. The maximum Gasteiger partial charge on any atom is 0.0633 e. The van der Waals surface area contributed by atoms with Gasteiger partial charge in [-0.2, -0.15) is 0 Å². The molecule has 0 saturated heterocycles. The van der Waals surface area contributed by atoms with E-state index < -0.39 is 0 Å². The van der Waals surface area contributed by atoms with Crippen LogP contribution in [0.1, 0.15) is 17.5 Å². The molecule has 9 aromatic carbocycles. The Morgan fingerprint density at radius 1 is 0.446 bits per heavy atom.